The Hall–Kier alpha value is -2.73. The number of carbonyl (C=O) groups excluding carboxylic acids is 2. The molecule has 1 aromatic carbocycles. The van der Waals surface area contributed by atoms with Crippen LogP contribution in [0.25, 0.3) is 0 Å². The van der Waals surface area contributed by atoms with E-state index in [0.29, 0.717) is 30.2 Å². The van der Waals surface area contributed by atoms with E-state index in [2.05, 4.69) is 4.98 Å². The number of rotatable bonds is 4. The van der Waals surface area contributed by atoms with Crippen molar-refractivity contribution >= 4 is 17.5 Å². The molecule has 1 aliphatic heterocycles. The van der Waals surface area contributed by atoms with Crippen LogP contribution in [0.15, 0.2) is 42.6 Å². The van der Waals surface area contributed by atoms with E-state index in [4.69, 9.17) is 10.5 Å². The lowest BCUT2D eigenvalue weighted by Gasteiger charge is -2.14. The normalized spacial score (nSPS) is 13.5. The second-order valence-corrected chi connectivity index (χ2v) is 4.48. The number of carbonyl (C=O) groups is 2. The molecule has 1 aliphatic rings. The first-order chi connectivity index (χ1) is 10.2. The van der Waals surface area contributed by atoms with E-state index < -0.39 is 5.91 Å². The standard InChI is InChI=1S/C15H13N3O3/c16-6-8-21-11-4-1-3-10(9-11)18-14(19)12-5-2-7-17-13(12)15(18)20/h1-5,7,9H,6,8,16H2. The van der Waals surface area contributed by atoms with E-state index in [1.54, 1.807) is 36.4 Å². The van der Waals surface area contributed by atoms with Crippen molar-refractivity contribution in [2.45, 2.75) is 0 Å². The third-order valence-corrected chi connectivity index (χ3v) is 3.11. The first-order valence-corrected chi connectivity index (χ1v) is 6.49. The molecule has 0 spiro atoms. The summed E-state index contributed by atoms with van der Waals surface area (Å²) in [5.41, 5.74) is 6.33. The maximum atomic E-state index is 12.3. The van der Waals surface area contributed by atoms with Crippen molar-refractivity contribution in [2.24, 2.45) is 5.73 Å². The summed E-state index contributed by atoms with van der Waals surface area (Å²) in [7, 11) is 0. The van der Waals surface area contributed by atoms with Gasteiger partial charge < -0.3 is 10.5 Å². The van der Waals surface area contributed by atoms with Gasteiger partial charge in [-0.3, -0.25) is 14.6 Å². The van der Waals surface area contributed by atoms with Crippen molar-refractivity contribution in [3.8, 4) is 5.75 Å². The monoisotopic (exact) mass is 283 g/mol. The summed E-state index contributed by atoms with van der Waals surface area (Å²) in [6.45, 7) is 0.758. The topological polar surface area (TPSA) is 85.5 Å². The largest absolute Gasteiger partial charge is 0.492 e. The smallest absolute Gasteiger partial charge is 0.284 e. The summed E-state index contributed by atoms with van der Waals surface area (Å²) in [5.74, 6) is -0.242. The Morgan fingerprint density at radius 2 is 2.00 bits per heavy atom. The van der Waals surface area contributed by atoms with Gasteiger partial charge in [0.1, 0.15) is 18.1 Å². The predicted molar refractivity (Wildman–Crippen MR) is 76.4 cm³/mol. The Kier molecular flexibility index (Phi) is 3.37. The molecule has 0 saturated heterocycles. The highest BCUT2D eigenvalue weighted by Gasteiger charge is 2.37. The van der Waals surface area contributed by atoms with Crippen molar-refractivity contribution in [2.75, 3.05) is 18.1 Å². The van der Waals surface area contributed by atoms with Crippen LogP contribution in [0.3, 0.4) is 0 Å². The summed E-state index contributed by atoms with van der Waals surface area (Å²) >= 11 is 0. The highest BCUT2D eigenvalue weighted by molar-refractivity contribution is 6.33. The summed E-state index contributed by atoms with van der Waals surface area (Å²) in [5, 5.41) is 0. The fourth-order valence-electron chi connectivity index (χ4n) is 2.19. The number of amides is 2. The number of ether oxygens (including phenoxy) is 1. The lowest BCUT2D eigenvalue weighted by molar-refractivity contribution is 0.0924. The van der Waals surface area contributed by atoms with Crippen molar-refractivity contribution in [3.05, 3.63) is 53.9 Å². The van der Waals surface area contributed by atoms with Crippen LogP contribution in [0.1, 0.15) is 20.8 Å². The first kappa shape index (κ1) is 13.3. The van der Waals surface area contributed by atoms with Gasteiger partial charge in [-0.2, -0.15) is 0 Å². The molecule has 3 rings (SSSR count). The number of imide groups is 1. The number of pyridine rings is 1. The second kappa shape index (κ2) is 5.34. The molecule has 0 radical (unpaired) electrons. The molecule has 21 heavy (non-hydrogen) atoms. The van der Waals surface area contributed by atoms with Crippen LogP contribution >= 0.6 is 0 Å². The molecular weight excluding hydrogens is 270 g/mol. The molecule has 2 N–H and O–H groups in total. The van der Waals surface area contributed by atoms with Crippen LogP contribution in [0.5, 0.6) is 5.75 Å². The van der Waals surface area contributed by atoms with Crippen molar-refractivity contribution < 1.29 is 14.3 Å². The quantitative estimate of drug-likeness (QED) is 0.853. The SMILES string of the molecule is NCCOc1cccc(N2C(=O)c3cccnc3C2=O)c1. The van der Waals surface area contributed by atoms with Crippen LogP contribution in [-0.2, 0) is 0 Å². The Labute approximate surface area is 121 Å². The summed E-state index contributed by atoms with van der Waals surface area (Å²) in [6, 6.07) is 10.0. The van der Waals surface area contributed by atoms with Crippen LogP contribution < -0.4 is 15.4 Å². The average molecular weight is 283 g/mol. The zero-order valence-electron chi connectivity index (χ0n) is 11.2. The third kappa shape index (κ3) is 2.25. The zero-order valence-corrected chi connectivity index (χ0v) is 11.2. The highest BCUT2D eigenvalue weighted by Crippen LogP contribution is 2.29. The molecule has 1 aromatic heterocycles. The number of aromatic nitrogens is 1. The van der Waals surface area contributed by atoms with Crippen LogP contribution in [0.2, 0.25) is 0 Å². The third-order valence-electron chi connectivity index (χ3n) is 3.11. The first-order valence-electron chi connectivity index (χ1n) is 6.49. The van der Waals surface area contributed by atoms with Gasteiger partial charge in [0.05, 0.1) is 11.3 Å². The van der Waals surface area contributed by atoms with Gasteiger partial charge in [-0.15, -0.1) is 0 Å². The molecule has 2 heterocycles. The minimum absolute atomic E-state index is 0.177. The number of nitrogens with zero attached hydrogens (tertiary/aromatic N) is 2. The minimum Gasteiger partial charge on any atom is -0.492 e. The molecule has 2 aromatic rings. The molecule has 0 aliphatic carbocycles. The number of nitrogens with two attached hydrogens (primary N) is 1. The molecule has 0 saturated carbocycles. The molecule has 2 amide bonds. The van der Waals surface area contributed by atoms with Crippen molar-refractivity contribution in [3.63, 3.8) is 0 Å². The van der Waals surface area contributed by atoms with E-state index in [-0.39, 0.29) is 11.6 Å². The van der Waals surface area contributed by atoms with Gasteiger partial charge in [0.2, 0.25) is 0 Å². The van der Waals surface area contributed by atoms with Crippen LogP contribution in [0, 0.1) is 0 Å². The van der Waals surface area contributed by atoms with E-state index in [1.807, 2.05) is 0 Å². The fourth-order valence-corrected chi connectivity index (χ4v) is 2.19. The van der Waals surface area contributed by atoms with Gasteiger partial charge in [0, 0.05) is 18.8 Å². The Bertz CT molecular complexity index is 680. The predicted octanol–water partition coefficient (Wildman–Crippen LogP) is 1.22. The Balaban J connectivity index is 1.95. The number of fused-ring (bicyclic) bond motifs is 1. The molecule has 0 atom stereocenters. The average Bonchev–Trinajstić information content (AvgIpc) is 2.78. The number of hydrogen-bond acceptors (Lipinski definition) is 5. The van der Waals surface area contributed by atoms with E-state index in [0.717, 1.165) is 4.90 Å². The lowest BCUT2D eigenvalue weighted by Crippen LogP contribution is -2.29. The minimum atomic E-state index is -0.424. The van der Waals surface area contributed by atoms with E-state index in [9.17, 15) is 9.59 Å². The molecular formula is C15H13N3O3. The van der Waals surface area contributed by atoms with Crippen LogP contribution in [-0.4, -0.2) is 29.9 Å². The summed E-state index contributed by atoms with van der Waals surface area (Å²) < 4.78 is 5.41. The van der Waals surface area contributed by atoms with Crippen molar-refractivity contribution in [1.82, 2.24) is 4.98 Å². The van der Waals surface area contributed by atoms with Gasteiger partial charge in [-0.05, 0) is 24.3 Å². The second-order valence-electron chi connectivity index (χ2n) is 4.48. The molecule has 0 bridgehead atoms. The van der Waals surface area contributed by atoms with E-state index in [1.165, 1.54) is 6.20 Å². The molecule has 0 fully saturated rings. The summed E-state index contributed by atoms with van der Waals surface area (Å²) in [4.78, 5) is 29.7. The van der Waals surface area contributed by atoms with Gasteiger partial charge in [-0.25, -0.2) is 4.90 Å². The number of hydrogen-bond donors (Lipinski definition) is 1. The number of anilines is 1. The van der Waals surface area contributed by atoms with E-state index >= 15 is 0 Å². The molecule has 6 nitrogen and oxygen atoms in total. The van der Waals surface area contributed by atoms with Gasteiger partial charge >= 0.3 is 0 Å². The Morgan fingerprint density at radius 1 is 1.14 bits per heavy atom. The molecule has 106 valence electrons. The highest BCUT2D eigenvalue weighted by atomic mass is 16.5. The molecule has 6 heteroatoms. The Morgan fingerprint density at radius 3 is 2.76 bits per heavy atom. The molecule has 0 unspecified atom stereocenters. The number of benzene rings is 1. The maximum absolute atomic E-state index is 12.3. The van der Waals surface area contributed by atoms with Crippen molar-refractivity contribution in [1.29, 1.82) is 0 Å². The zero-order chi connectivity index (χ0) is 14.8. The van der Waals surface area contributed by atoms with Gasteiger partial charge in [0.25, 0.3) is 11.8 Å². The van der Waals surface area contributed by atoms with Gasteiger partial charge in [0.15, 0.2) is 0 Å². The van der Waals surface area contributed by atoms with Crippen LogP contribution in [0.4, 0.5) is 5.69 Å². The fraction of sp³-hybridized carbons (Fsp3) is 0.133. The maximum Gasteiger partial charge on any atom is 0.284 e. The summed E-state index contributed by atoms with van der Waals surface area (Å²) in [6.07, 6.45) is 1.49. The van der Waals surface area contributed by atoms with Gasteiger partial charge in [-0.1, -0.05) is 6.07 Å². The lowest BCUT2D eigenvalue weighted by atomic mass is 10.2.